The molecule has 0 saturated heterocycles. The highest BCUT2D eigenvalue weighted by Gasteiger charge is 2.12. The minimum atomic E-state index is -0.306. The van der Waals surface area contributed by atoms with Crippen molar-refractivity contribution in [3.05, 3.63) is 51.8 Å². The van der Waals surface area contributed by atoms with Crippen LogP contribution in [0.15, 0.2) is 34.9 Å². The van der Waals surface area contributed by atoms with E-state index >= 15 is 0 Å². The molecule has 0 bridgehead atoms. The van der Waals surface area contributed by atoms with Gasteiger partial charge in [-0.15, -0.1) is 0 Å². The van der Waals surface area contributed by atoms with Crippen molar-refractivity contribution >= 4 is 33.2 Å². The lowest BCUT2D eigenvalue weighted by molar-refractivity contribution is 0.102. The molecule has 19 heavy (non-hydrogen) atoms. The van der Waals surface area contributed by atoms with Crippen LogP contribution in [0.2, 0.25) is 0 Å². The van der Waals surface area contributed by atoms with Crippen LogP contribution in [0.3, 0.4) is 0 Å². The predicted molar refractivity (Wildman–Crippen MR) is 80.2 cm³/mol. The second-order valence-electron chi connectivity index (χ2n) is 4.32. The predicted octanol–water partition coefficient (Wildman–Crippen LogP) is 3.30. The highest BCUT2D eigenvalue weighted by molar-refractivity contribution is 9.10. The number of amides is 1. The second kappa shape index (κ2) is 5.40. The molecule has 0 unspecified atom stereocenters. The molecular formula is C14H14BrN3O. The summed E-state index contributed by atoms with van der Waals surface area (Å²) in [5.41, 5.74) is 9.18. The Morgan fingerprint density at radius 3 is 2.53 bits per heavy atom. The van der Waals surface area contributed by atoms with E-state index in [1.54, 1.807) is 18.3 Å². The molecule has 0 spiro atoms. The van der Waals surface area contributed by atoms with Gasteiger partial charge in [0.15, 0.2) is 5.69 Å². The molecule has 1 aromatic heterocycles. The first kappa shape index (κ1) is 13.5. The monoisotopic (exact) mass is 319 g/mol. The number of hydrogen-bond donors (Lipinski definition) is 2. The third-order valence-electron chi connectivity index (χ3n) is 2.75. The van der Waals surface area contributed by atoms with Gasteiger partial charge >= 0.3 is 0 Å². The third kappa shape index (κ3) is 2.93. The highest BCUT2D eigenvalue weighted by atomic mass is 79.9. The first-order chi connectivity index (χ1) is 8.99. The number of benzene rings is 1. The standard InChI is InChI=1S/C14H14BrN3O/c1-8-6-10(7-9(2)12(8)15)18-14(19)13-11(16)4-3-5-17-13/h3-7H,16H2,1-2H3,(H,18,19). The maximum atomic E-state index is 12.1. The number of nitrogens with one attached hydrogen (secondary N) is 1. The van der Waals surface area contributed by atoms with Crippen molar-refractivity contribution in [2.45, 2.75) is 13.8 Å². The molecule has 0 fully saturated rings. The van der Waals surface area contributed by atoms with E-state index in [1.807, 2.05) is 26.0 Å². The molecule has 0 atom stereocenters. The van der Waals surface area contributed by atoms with E-state index < -0.39 is 0 Å². The minimum Gasteiger partial charge on any atom is -0.397 e. The molecule has 1 aromatic carbocycles. The molecule has 1 heterocycles. The Kier molecular flexibility index (Phi) is 3.85. The van der Waals surface area contributed by atoms with Crippen LogP contribution in [-0.2, 0) is 0 Å². The average Bonchev–Trinajstić information content (AvgIpc) is 2.36. The van der Waals surface area contributed by atoms with Crippen LogP contribution in [-0.4, -0.2) is 10.9 Å². The van der Waals surface area contributed by atoms with Crippen molar-refractivity contribution in [2.75, 3.05) is 11.1 Å². The normalized spacial score (nSPS) is 10.3. The van der Waals surface area contributed by atoms with Crippen LogP contribution in [0, 0.1) is 13.8 Å². The Morgan fingerprint density at radius 1 is 1.32 bits per heavy atom. The van der Waals surface area contributed by atoms with E-state index in [2.05, 4.69) is 26.2 Å². The quantitative estimate of drug-likeness (QED) is 0.892. The summed E-state index contributed by atoms with van der Waals surface area (Å²) in [5, 5.41) is 2.81. The zero-order valence-electron chi connectivity index (χ0n) is 10.7. The smallest absolute Gasteiger partial charge is 0.276 e. The molecule has 3 N–H and O–H groups in total. The molecule has 2 rings (SSSR count). The van der Waals surface area contributed by atoms with Gasteiger partial charge in [-0.3, -0.25) is 4.79 Å². The first-order valence-corrected chi connectivity index (χ1v) is 6.57. The number of rotatable bonds is 2. The molecule has 0 aliphatic heterocycles. The van der Waals surface area contributed by atoms with E-state index in [0.717, 1.165) is 21.3 Å². The number of hydrogen-bond acceptors (Lipinski definition) is 3. The number of carbonyl (C=O) groups excluding carboxylic acids is 1. The lowest BCUT2D eigenvalue weighted by atomic mass is 10.1. The largest absolute Gasteiger partial charge is 0.397 e. The molecule has 2 aromatic rings. The third-order valence-corrected chi connectivity index (χ3v) is 4.00. The van der Waals surface area contributed by atoms with Gasteiger partial charge in [-0.1, -0.05) is 15.9 Å². The van der Waals surface area contributed by atoms with E-state index in [4.69, 9.17) is 5.73 Å². The fourth-order valence-corrected chi connectivity index (χ4v) is 2.04. The first-order valence-electron chi connectivity index (χ1n) is 5.77. The van der Waals surface area contributed by atoms with Crippen LogP contribution in [0.25, 0.3) is 0 Å². The van der Waals surface area contributed by atoms with Crippen molar-refractivity contribution in [3.63, 3.8) is 0 Å². The van der Waals surface area contributed by atoms with Crippen LogP contribution < -0.4 is 11.1 Å². The Hall–Kier alpha value is -1.88. The lowest BCUT2D eigenvalue weighted by Crippen LogP contribution is -2.15. The Morgan fingerprint density at radius 2 is 1.95 bits per heavy atom. The van der Waals surface area contributed by atoms with Crippen molar-refractivity contribution in [1.82, 2.24) is 4.98 Å². The number of nitrogen functional groups attached to an aromatic ring is 1. The maximum absolute atomic E-state index is 12.1. The van der Waals surface area contributed by atoms with E-state index in [-0.39, 0.29) is 11.6 Å². The molecule has 4 nitrogen and oxygen atoms in total. The minimum absolute atomic E-state index is 0.237. The Labute approximate surface area is 120 Å². The summed E-state index contributed by atoms with van der Waals surface area (Å²) in [6, 6.07) is 7.14. The van der Waals surface area contributed by atoms with Gasteiger partial charge < -0.3 is 11.1 Å². The Bertz CT molecular complexity index is 617. The highest BCUT2D eigenvalue weighted by Crippen LogP contribution is 2.25. The summed E-state index contributed by atoms with van der Waals surface area (Å²) in [4.78, 5) is 16.1. The second-order valence-corrected chi connectivity index (χ2v) is 5.11. The van der Waals surface area contributed by atoms with Gasteiger partial charge in [-0.05, 0) is 49.2 Å². The summed E-state index contributed by atoms with van der Waals surface area (Å²) < 4.78 is 1.04. The number of pyridine rings is 1. The van der Waals surface area contributed by atoms with Gasteiger partial charge in [0.05, 0.1) is 5.69 Å². The zero-order valence-corrected chi connectivity index (χ0v) is 12.3. The number of aryl methyl sites for hydroxylation is 2. The SMILES string of the molecule is Cc1cc(NC(=O)c2ncccc2N)cc(C)c1Br. The molecule has 0 aliphatic carbocycles. The van der Waals surface area contributed by atoms with Crippen molar-refractivity contribution in [2.24, 2.45) is 0 Å². The van der Waals surface area contributed by atoms with Crippen molar-refractivity contribution in [1.29, 1.82) is 0 Å². The average molecular weight is 320 g/mol. The van der Waals surface area contributed by atoms with Gasteiger partial charge in [-0.2, -0.15) is 0 Å². The lowest BCUT2D eigenvalue weighted by Gasteiger charge is -2.10. The van der Waals surface area contributed by atoms with Gasteiger partial charge in [0.1, 0.15) is 0 Å². The molecule has 5 heteroatoms. The number of carbonyl (C=O) groups is 1. The molecular weight excluding hydrogens is 306 g/mol. The number of aromatic nitrogens is 1. The number of anilines is 2. The molecule has 0 radical (unpaired) electrons. The van der Waals surface area contributed by atoms with Crippen molar-refractivity contribution < 1.29 is 4.79 Å². The fourth-order valence-electron chi connectivity index (χ4n) is 1.82. The maximum Gasteiger partial charge on any atom is 0.276 e. The van der Waals surface area contributed by atoms with E-state index in [0.29, 0.717) is 5.69 Å². The summed E-state index contributed by atoms with van der Waals surface area (Å²) >= 11 is 3.49. The molecule has 98 valence electrons. The number of nitrogens with zero attached hydrogens (tertiary/aromatic N) is 1. The van der Waals surface area contributed by atoms with Gasteiger partial charge in [0.25, 0.3) is 5.91 Å². The van der Waals surface area contributed by atoms with Gasteiger partial charge in [0, 0.05) is 16.4 Å². The van der Waals surface area contributed by atoms with E-state index in [1.165, 1.54) is 0 Å². The van der Waals surface area contributed by atoms with Crippen LogP contribution in [0.5, 0.6) is 0 Å². The molecule has 1 amide bonds. The molecule has 0 saturated carbocycles. The van der Waals surface area contributed by atoms with Gasteiger partial charge in [-0.25, -0.2) is 4.98 Å². The zero-order chi connectivity index (χ0) is 14.0. The van der Waals surface area contributed by atoms with Crippen LogP contribution in [0.4, 0.5) is 11.4 Å². The van der Waals surface area contributed by atoms with E-state index in [9.17, 15) is 4.79 Å². The number of nitrogens with two attached hydrogens (primary N) is 1. The van der Waals surface area contributed by atoms with Crippen LogP contribution >= 0.6 is 15.9 Å². The summed E-state index contributed by atoms with van der Waals surface area (Å²) in [7, 11) is 0. The van der Waals surface area contributed by atoms with Crippen LogP contribution in [0.1, 0.15) is 21.6 Å². The van der Waals surface area contributed by atoms with Gasteiger partial charge in [0.2, 0.25) is 0 Å². The van der Waals surface area contributed by atoms with Crippen molar-refractivity contribution in [3.8, 4) is 0 Å². The summed E-state index contributed by atoms with van der Waals surface area (Å²) in [5.74, 6) is -0.306. The topological polar surface area (TPSA) is 68.0 Å². The number of halogens is 1. The fraction of sp³-hybridized carbons (Fsp3) is 0.143. The molecule has 0 aliphatic rings. The summed E-state index contributed by atoms with van der Waals surface area (Å²) in [6.45, 7) is 3.95. The summed E-state index contributed by atoms with van der Waals surface area (Å²) in [6.07, 6.45) is 1.54. The Balaban J connectivity index is 2.27.